The van der Waals surface area contributed by atoms with Crippen LogP contribution >= 0.6 is 91.6 Å². The molecule has 0 aliphatic rings. The van der Waals surface area contributed by atoms with Crippen LogP contribution in [-0.2, 0) is 46.2 Å². The molecule has 3 amide bonds. The zero-order chi connectivity index (χ0) is 68.0. The van der Waals surface area contributed by atoms with Crippen LogP contribution in [-0.4, -0.2) is 64.3 Å². The summed E-state index contributed by atoms with van der Waals surface area (Å²) in [6, 6.07) is 35.7. The first-order valence-electron chi connectivity index (χ1n) is 27.9. The SMILES string of the molecule is CCOP(=O)(OCC)C(C(=O)N/C=C/c1ccc(N)cc1)c1csc2ccc(Cl)cc12.CCOP(=O)(OCC)C(C(=O)N/C=C/c1ccc([N+](=O)[O-])cc1)c1csc2ccc(Cl)cc12.NN.Nc1ccc(/C=C/NC(=O)C(c2csc3ccc(Cl)cc23)P(=O)(O)O)cc1.O. The Morgan fingerprint density at radius 2 is 0.787 bits per heavy atom. The molecule has 32 heteroatoms. The van der Waals surface area contributed by atoms with Gasteiger partial charge in [-0.1, -0.05) is 59.1 Å². The Balaban J connectivity index is 0.000000252. The van der Waals surface area contributed by atoms with E-state index in [0.29, 0.717) is 53.9 Å². The molecule has 3 aromatic heterocycles. The van der Waals surface area contributed by atoms with Crippen LogP contribution in [0.1, 0.15) is 78.1 Å². The molecule has 3 unspecified atom stereocenters. The van der Waals surface area contributed by atoms with E-state index >= 15 is 0 Å². The number of non-ortho nitro benzene ring substituents is 1. The molecular formula is C62H68Cl3N8O15P3S3. The van der Waals surface area contributed by atoms with Gasteiger partial charge in [0.05, 0.1) is 31.4 Å². The summed E-state index contributed by atoms with van der Waals surface area (Å²) in [5.74, 6) is 6.14. The van der Waals surface area contributed by atoms with Gasteiger partial charge in [0.2, 0.25) is 17.7 Å². The van der Waals surface area contributed by atoms with Gasteiger partial charge in [-0.3, -0.25) is 49.9 Å². The lowest BCUT2D eigenvalue weighted by Crippen LogP contribution is -2.26. The molecule has 3 atom stereocenters. The number of nitrogen functional groups attached to an aromatic ring is 2. The van der Waals surface area contributed by atoms with Crippen molar-refractivity contribution in [2.45, 2.75) is 44.7 Å². The highest BCUT2D eigenvalue weighted by Gasteiger charge is 2.45. The minimum absolute atomic E-state index is 0. The van der Waals surface area contributed by atoms with Crippen molar-refractivity contribution in [2.24, 2.45) is 11.7 Å². The van der Waals surface area contributed by atoms with Gasteiger partial charge in [0.1, 0.15) is 0 Å². The second-order valence-corrected chi connectivity index (χ2v) is 29.2. The van der Waals surface area contributed by atoms with Crippen molar-refractivity contribution in [3.05, 3.63) is 221 Å². The van der Waals surface area contributed by atoms with E-state index in [1.165, 1.54) is 64.7 Å². The highest BCUT2D eigenvalue weighted by molar-refractivity contribution is 7.56. The monoisotopic (exact) mass is 1460 g/mol. The largest absolute Gasteiger partial charge is 0.412 e. The number of nitrogens with two attached hydrogens (primary N) is 4. The number of nitro benzene ring substituents is 1. The maximum atomic E-state index is 13.7. The number of hydrogen-bond acceptors (Lipinski definition) is 19. The summed E-state index contributed by atoms with van der Waals surface area (Å²) in [5.41, 5.74) is 12.2. The quantitative estimate of drug-likeness (QED) is 0.00892. The van der Waals surface area contributed by atoms with Gasteiger partial charge < -0.3 is 60.8 Å². The summed E-state index contributed by atoms with van der Waals surface area (Å²) >= 11 is 22.5. The molecule has 0 bridgehead atoms. The molecule has 15 N–H and O–H groups in total. The van der Waals surface area contributed by atoms with Crippen molar-refractivity contribution < 1.29 is 66.4 Å². The predicted molar refractivity (Wildman–Crippen MR) is 381 cm³/mol. The van der Waals surface area contributed by atoms with E-state index in [1.807, 2.05) is 24.3 Å². The molecule has 0 aliphatic carbocycles. The molecule has 0 radical (unpaired) electrons. The van der Waals surface area contributed by atoms with Crippen LogP contribution in [0, 0.1) is 10.1 Å². The molecule has 0 fully saturated rings. The van der Waals surface area contributed by atoms with Gasteiger partial charge in [0, 0.05) is 71.3 Å². The van der Waals surface area contributed by atoms with Crippen LogP contribution < -0.4 is 39.1 Å². The molecule has 94 heavy (non-hydrogen) atoms. The molecule has 9 aromatic rings. The van der Waals surface area contributed by atoms with E-state index in [-0.39, 0.29) is 43.2 Å². The summed E-state index contributed by atoms with van der Waals surface area (Å²) in [6.07, 6.45) is 9.15. The second-order valence-electron chi connectivity index (χ2n) is 19.2. The Kier molecular flexibility index (Phi) is 30.4. The lowest BCUT2D eigenvalue weighted by Gasteiger charge is -2.25. The van der Waals surface area contributed by atoms with Crippen molar-refractivity contribution in [2.75, 3.05) is 37.9 Å². The predicted octanol–water partition coefficient (Wildman–Crippen LogP) is 14.9. The Hall–Kier alpha value is -6.97. The number of amides is 3. The number of nitrogens with zero attached hydrogens (tertiary/aromatic N) is 1. The standard InChI is InChI=1S/C22H22ClN2O6PS.C22H24ClN2O4PS.C18H16ClN2O4PS.H4N2.H2O/c1-3-30-32(29,31-4-2)21(19-14-33-20-10-7-16(23)13-18(19)20)22(26)24-12-11-15-5-8-17(9-6-15)25(27)28;1-3-28-30(27,29-4-2)21(19-14-31-20-10-7-16(23)13-18(19)20)22(26)25-12-11-15-5-8-17(24)9-6-15;19-12-3-6-16-14(9-12)15(10-27-16)17(26(23,24)25)18(22)21-8-7-11-1-4-13(20)5-2-11;1-2;/h5-14,21H,3-4H2,1-2H3,(H,24,26);5-14,21H,3-4,24H2,1-2H3,(H,25,26);1-10,17H,20H2,(H,21,22)(H2,23,24,25);1-2H2;1H2/b2*12-11+;8-7+;;. The molecular weight excluding hydrogens is 1390 g/mol. The Labute approximate surface area is 568 Å². The Morgan fingerprint density at radius 1 is 0.511 bits per heavy atom. The number of fused-ring (bicyclic) bond motifs is 3. The zero-order valence-corrected chi connectivity index (χ0v) is 58.0. The number of halogens is 3. The Morgan fingerprint density at radius 3 is 1.06 bits per heavy atom. The number of anilines is 2. The summed E-state index contributed by atoms with van der Waals surface area (Å²) in [5, 5.41) is 27.2. The van der Waals surface area contributed by atoms with Crippen LogP contribution in [0.4, 0.5) is 17.1 Å². The lowest BCUT2D eigenvalue weighted by atomic mass is 10.1. The first-order valence-corrected chi connectivity index (χ1v) is 36.6. The summed E-state index contributed by atoms with van der Waals surface area (Å²) in [4.78, 5) is 69.0. The molecule has 3 heterocycles. The number of hydrazine groups is 1. The molecule has 0 saturated carbocycles. The number of nitro groups is 1. The smallest absolute Gasteiger partial charge is 0.347 e. The number of carbonyl (C=O) groups is 3. The van der Waals surface area contributed by atoms with E-state index in [2.05, 4.69) is 27.6 Å². The summed E-state index contributed by atoms with van der Waals surface area (Å²) < 4.78 is 64.1. The van der Waals surface area contributed by atoms with E-state index in [4.69, 9.17) is 64.4 Å². The van der Waals surface area contributed by atoms with Gasteiger partial charge in [-0.25, -0.2) is 0 Å². The molecule has 0 saturated heterocycles. The second kappa shape index (κ2) is 36.8. The van der Waals surface area contributed by atoms with Gasteiger partial charge in [0.25, 0.3) is 5.69 Å². The topological polar surface area (TPSA) is 395 Å². The highest BCUT2D eigenvalue weighted by atomic mass is 35.5. The number of nitrogens with one attached hydrogen (secondary N) is 3. The number of benzene rings is 6. The average Bonchev–Trinajstić information content (AvgIpc) is 1.58. The van der Waals surface area contributed by atoms with Crippen molar-refractivity contribution in [3.8, 4) is 0 Å². The average molecular weight is 1460 g/mol. The number of hydrogen-bond donors (Lipinski definition) is 9. The lowest BCUT2D eigenvalue weighted by molar-refractivity contribution is -0.384. The van der Waals surface area contributed by atoms with Gasteiger partial charge in [-0.15, -0.1) is 34.0 Å². The number of carbonyl (C=O) groups excluding carboxylic acids is 3. The third-order valence-electron chi connectivity index (χ3n) is 13.0. The fraction of sp³-hybridized carbons (Fsp3) is 0.177. The van der Waals surface area contributed by atoms with Crippen LogP contribution in [0.3, 0.4) is 0 Å². The number of thiophene rings is 3. The van der Waals surface area contributed by atoms with E-state index in [0.717, 1.165) is 30.6 Å². The van der Waals surface area contributed by atoms with E-state index in [9.17, 15) is 48.0 Å². The van der Waals surface area contributed by atoms with E-state index < -0.39 is 62.4 Å². The molecule has 9 rings (SSSR count). The van der Waals surface area contributed by atoms with Gasteiger partial charge in [-0.2, -0.15) is 0 Å². The molecule has 23 nitrogen and oxygen atoms in total. The maximum absolute atomic E-state index is 13.7. The van der Waals surface area contributed by atoms with Crippen molar-refractivity contribution in [1.82, 2.24) is 16.0 Å². The van der Waals surface area contributed by atoms with Crippen molar-refractivity contribution >= 4 is 175 Å². The van der Waals surface area contributed by atoms with Crippen molar-refractivity contribution in [3.63, 3.8) is 0 Å². The minimum atomic E-state index is -4.76. The first kappa shape index (κ1) is 77.7. The normalized spacial score (nSPS) is 12.6. The van der Waals surface area contributed by atoms with Crippen LogP contribution in [0.15, 0.2) is 162 Å². The fourth-order valence-electron chi connectivity index (χ4n) is 8.99. The number of rotatable bonds is 24. The van der Waals surface area contributed by atoms with Gasteiger partial charge >= 0.3 is 22.8 Å². The Bertz CT molecular complexity index is 4270. The fourth-order valence-corrected chi connectivity index (χ4v) is 17.7. The molecule has 500 valence electrons. The van der Waals surface area contributed by atoms with Gasteiger partial charge in [0.15, 0.2) is 17.0 Å². The van der Waals surface area contributed by atoms with Crippen LogP contribution in [0.2, 0.25) is 15.1 Å². The zero-order valence-electron chi connectivity index (χ0n) is 50.6. The summed E-state index contributed by atoms with van der Waals surface area (Å²) in [7, 11) is -12.4. The van der Waals surface area contributed by atoms with Crippen LogP contribution in [0.25, 0.3) is 48.5 Å². The maximum Gasteiger partial charge on any atom is 0.347 e. The van der Waals surface area contributed by atoms with Crippen molar-refractivity contribution in [1.29, 1.82) is 0 Å². The third-order valence-corrected chi connectivity index (χ3v) is 22.6. The van der Waals surface area contributed by atoms with Gasteiger partial charge in [-0.05, 0) is 203 Å². The molecule has 6 aromatic carbocycles. The third kappa shape index (κ3) is 21.0. The van der Waals surface area contributed by atoms with E-state index in [1.54, 1.807) is 153 Å². The first-order chi connectivity index (χ1) is 44.4. The summed E-state index contributed by atoms with van der Waals surface area (Å²) in [6.45, 7) is 7.27. The minimum Gasteiger partial charge on any atom is -0.412 e. The van der Waals surface area contributed by atoms with Crippen LogP contribution in [0.5, 0.6) is 0 Å². The highest BCUT2D eigenvalue weighted by Crippen LogP contribution is 2.64. The molecule has 0 aliphatic heterocycles. The molecule has 0 spiro atoms.